The number of hydrogen-bond donors (Lipinski definition) is 2. The quantitative estimate of drug-likeness (QED) is 0.115. The molecule has 0 atom stereocenters. The largest absolute Gasteiger partial charge is 0.507 e. The number of phenolic OH excluding ortho intramolecular Hbond substituents is 2. The second-order valence-corrected chi connectivity index (χ2v) is 11.8. The van der Waals surface area contributed by atoms with E-state index in [1.165, 1.54) is 12.2 Å². The highest BCUT2D eigenvalue weighted by Gasteiger charge is 2.21. The number of phenols is 2. The van der Waals surface area contributed by atoms with E-state index in [4.69, 9.17) is 9.47 Å². The van der Waals surface area contributed by atoms with Gasteiger partial charge in [0.05, 0.1) is 23.1 Å². The molecular weight excluding hydrogens is 612 g/mol. The van der Waals surface area contributed by atoms with Crippen LogP contribution in [0, 0.1) is 20.2 Å². The van der Waals surface area contributed by atoms with Gasteiger partial charge in [-0.15, -0.1) is 0 Å². The third kappa shape index (κ3) is 8.01. The van der Waals surface area contributed by atoms with Gasteiger partial charge in [-0.1, -0.05) is 50.2 Å². The minimum absolute atomic E-state index is 0.0871. The van der Waals surface area contributed by atoms with Crippen molar-refractivity contribution >= 4 is 12.2 Å². The van der Waals surface area contributed by atoms with Crippen molar-refractivity contribution in [3.63, 3.8) is 0 Å². The van der Waals surface area contributed by atoms with Gasteiger partial charge >= 0.3 is 0 Å². The highest BCUT2D eigenvalue weighted by Crippen LogP contribution is 2.39. The lowest BCUT2D eigenvalue weighted by molar-refractivity contribution is -0.401. The fourth-order valence-corrected chi connectivity index (χ4v) is 6.03. The van der Waals surface area contributed by atoms with E-state index in [-0.39, 0.29) is 37.2 Å². The molecule has 0 radical (unpaired) electrons. The van der Waals surface area contributed by atoms with Crippen molar-refractivity contribution in [2.24, 2.45) is 0 Å². The van der Waals surface area contributed by atoms with E-state index in [0.29, 0.717) is 58.1 Å². The maximum absolute atomic E-state index is 11.7. The Labute approximate surface area is 278 Å². The summed E-state index contributed by atoms with van der Waals surface area (Å²) in [5.74, 6) is 1.41. The van der Waals surface area contributed by atoms with Crippen LogP contribution < -0.4 is 9.47 Å². The maximum Gasteiger partial charge on any atom is 0.235 e. The standard InChI is InChI=1S/C38H38N2O8/c1-3-15-47-37-27-7-5-8-28(37)22-32-18-26(12-14-40(45)46)20-34(36(32)42)24-30-10-6-9-29(38(30)48-16-4-2)23-33-19-25(11-13-39(43)44)17-31(21-27)35(33)41/h5-14,17-20,41-42H,3-4,15-16,21-24H2,1-2H3/b13-11+,14-12+. The van der Waals surface area contributed by atoms with Gasteiger partial charge in [-0.05, 0) is 92.7 Å². The van der Waals surface area contributed by atoms with E-state index in [0.717, 1.165) is 47.5 Å². The Morgan fingerprint density at radius 2 is 0.917 bits per heavy atom. The molecule has 0 heterocycles. The lowest BCUT2D eigenvalue weighted by Gasteiger charge is -2.21. The summed E-state index contributed by atoms with van der Waals surface area (Å²) in [4.78, 5) is 21.4. The molecule has 8 bridgehead atoms. The fourth-order valence-electron chi connectivity index (χ4n) is 6.03. The van der Waals surface area contributed by atoms with Crippen molar-refractivity contribution in [3.8, 4) is 23.0 Å². The first kappa shape index (κ1) is 33.7. The zero-order chi connectivity index (χ0) is 34.2. The fraction of sp³-hybridized carbons (Fsp3) is 0.263. The molecule has 0 aliphatic heterocycles. The molecule has 0 saturated carbocycles. The molecule has 0 aromatic heterocycles. The van der Waals surface area contributed by atoms with Crippen LogP contribution in [0.25, 0.3) is 12.2 Å². The molecule has 10 nitrogen and oxygen atoms in total. The minimum atomic E-state index is -0.520. The SMILES string of the molecule is CCCOc1c2cccc1Cc1cc(/C=C/[N+](=O)[O-])cc(c1O)Cc1cccc(c1OCCC)Cc1cc(/C=C/[N+](=O)[O-])cc(c1O)C2. The van der Waals surface area contributed by atoms with Gasteiger partial charge in [0.15, 0.2) is 0 Å². The third-order valence-electron chi connectivity index (χ3n) is 8.14. The highest BCUT2D eigenvalue weighted by molar-refractivity contribution is 5.62. The van der Waals surface area contributed by atoms with Gasteiger partial charge in [0, 0.05) is 37.8 Å². The predicted octanol–water partition coefficient (Wildman–Crippen LogP) is 7.85. The molecular formula is C38H38N2O8. The van der Waals surface area contributed by atoms with Crippen LogP contribution in [-0.2, 0) is 25.7 Å². The molecule has 10 heteroatoms. The summed E-state index contributed by atoms with van der Waals surface area (Å²) in [6.45, 7) is 4.87. The molecule has 1 aliphatic rings. The van der Waals surface area contributed by atoms with E-state index in [1.807, 2.05) is 50.2 Å². The molecule has 48 heavy (non-hydrogen) atoms. The van der Waals surface area contributed by atoms with E-state index in [1.54, 1.807) is 24.3 Å². The highest BCUT2D eigenvalue weighted by atomic mass is 16.6. The van der Waals surface area contributed by atoms with Crippen LogP contribution in [0.2, 0.25) is 0 Å². The zero-order valence-electron chi connectivity index (χ0n) is 27.0. The normalized spacial score (nSPS) is 12.7. The second-order valence-electron chi connectivity index (χ2n) is 11.8. The van der Waals surface area contributed by atoms with E-state index in [2.05, 4.69) is 0 Å². The third-order valence-corrected chi connectivity index (χ3v) is 8.14. The topological polar surface area (TPSA) is 145 Å². The van der Waals surface area contributed by atoms with Gasteiger partial charge in [0.1, 0.15) is 23.0 Å². The number of para-hydroxylation sites is 2. The number of aromatic hydroxyl groups is 2. The first-order valence-corrected chi connectivity index (χ1v) is 16.0. The van der Waals surface area contributed by atoms with Gasteiger partial charge < -0.3 is 19.7 Å². The van der Waals surface area contributed by atoms with Gasteiger partial charge in [0.25, 0.3) is 0 Å². The molecule has 5 rings (SSSR count). The molecule has 0 spiro atoms. The Bertz CT molecular complexity index is 1670. The average Bonchev–Trinajstić information content (AvgIpc) is 3.05. The van der Waals surface area contributed by atoms with Crippen LogP contribution in [0.3, 0.4) is 0 Å². The monoisotopic (exact) mass is 650 g/mol. The summed E-state index contributed by atoms with van der Waals surface area (Å²) < 4.78 is 12.6. The van der Waals surface area contributed by atoms with Crippen molar-refractivity contribution in [2.75, 3.05) is 13.2 Å². The lowest BCUT2D eigenvalue weighted by Crippen LogP contribution is -2.07. The van der Waals surface area contributed by atoms with Crippen LogP contribution in [0.1, 0.15) is 82.3 Å². The second kappa shape index (κ2) is 15.3. The molecule has 0 unspecified atom stereocenters. The molecule has 1 aliphatic carbocycles. The van der Waals surface area contributed by atoms with Gasteiger partial charge in [-0.2, -0.15) is 0 Å². The summed E-state index contributed by atoms with van der Waals surface area (Å²) in [7, 11) is 0. The summed E-state index contributed by atoms with van der Waals surface area (Å²) in [5, 5.41) is 45.8. The Kier molecular flexibility index (Phi) is 10.7. The number of nitrogens with zero attached hydrogens (tertiary/aromatic N) is 2. The Hall–Kier alpha value is -5.64. The molecule has 0 fully saturated rings. The molecule has 248 valence electrons. The first-order valence-electron chi connectivity index (χ1n) is 16.0. The average molecular weight is 651 g/mol. The smallest absolute Gasteiger partial charge is 0.235 e. The lowest BCUT2D eigenvalue weighted by atomic mass is 9.89. The van der Waals surface area contributed by atoms with Crippen LogP contribution in [0.4, 0.5) is 0 Å². The summed E-state index contributed by atoms with van der Waals surface area (Å²) in [6, 6.07) is 18.4. The number of nitro groups is 2. The van der Waals surface area contributed by atoms with Crippen molar-refractivity contribution in [1.29, 1.82) is 0 Å². The van der Waals surface area contributed by atoms with Crippen LogP contribution in [-0.4, -0.2) is 33.3 Å². The zero-order valence-corrected chi connectivity index (χ0v) is 27.0. The van der Waals surface area contributed by atoms with E-state index >= 15 is 0 Å². The van der Waals surface area contributed by atoms with E-state index < -0.39 is 9.85 Å². The van der Waals surface area contributed by atoms with Gasteiger partial charge in [-0.25, -0.2) is 0 Å². The Balaban J connectivity index is 1.79. The van der Waals surface area contributed by atoms with Crippen LogP contribution in [0.5, 0.6) is 23.0 Å². The maximum atomic E-state index is 11.7. The Morgan fingerprint density at radius 1 is 0.604 bits per heavy atom. The molecule has 4 aromatic rings. The van der Waals surface area contributed by atoms with Crippen LogP contribution in [0.15, 0.2) is 73.1 Å². The summed E-state index contributed by atoms with van der Waals surface area (Å²) in [6.07, 6.45) is 7.19. The summed E-state index contributed by atoms with van der Waals surface area (Å²) in [5.41, 5.74) is 6.62. The number of ether oxygens (including phenoxy) is 2. The minimum Gasteiger partial charge on any atom is -0.507 e. The van der Waals surface area contributed by atoms with Crippen molar-refractivity contribution in [3.05, 3.63) is 149 Å². The Morgan fingerprint density at radius 3 is 1.19 bits per heavy atom. The van der Waals surface area contributed by atoms with E-state index in [9.17, 15) is 30.4 Å². The molecule has 2 N–H and O–H groups in total. The molecule has 0 saturated heterocycles. The molecule has 4 aromatic carbocycles. The van der Waals surface area contributed by atoms with Crippen molar-refractivity contribution in [2.45, 2.75) is 52.4 Å². The number of rotatable bonds is 10. The van der Waals surface area contributed by atoms with Gasteiger partial charge in [0.2, 0.25) is 12.4 Å². The summed E-state index contributed by atoms with van der Waals surface area (Å²) >= 11 is 0. The van der Waals surface area contributed by atoms with Gasteiger partial charge in [-0.3, -0.25) is 20.2 Å². The molecule has 0 amide bonds. The van der Waals surface area contributed by atoms with Crippen LogP contribution >= 0.6 is 0 Å². The van der Waals surface area contributed by atoms with Crippen molar-refractivity contribution < 1.29 is 29.5 Å². The number of fused-ring (bicyclic) bond motifs is 8. The number of benzene rings is 4. The predicted molar refractivity (Wildman–Crippen MR) is 184 cm³/mol. The number of hydrogen-bond acceptors (Lipinski definition) is 8. The van der Waals surface area contributed by atoms with Crippen molar-refractivity contribution in [1.82, 2.24) is 0 Å². The first-order chi connectivity index (χ1) is 23.2.